The molecule has 2 heterocycles. The quantitative estimate of drug-likeness (QED) is 0.632. The van der Waals surface area contributed by atoms with Crippen LogP contribution in [0.5, 0.6) is 5.75 Å². The summed E-state index contributed by atoms with van der Waals surface area (Å²) in [6, 6.07) is 10.4. The van der Waals surface area contributed by atoms with Crippen molar-refractivity contribution in [2.75, 3.05) is 5.32 Å². The number of carbonyl (C=O) groups is 1. The SMILES string of the molecule is CC(C)Oc1cc(-c2cnc(NC(=O)c3ccn(C(C)C)c(=O)c3)s2)ccc1C#N. The summed E-state index contributed by atoms with van der Waals surface area (Å²) in [5.41, 5.74) is 1.34. The average Bonchev–Trinajstić information content (AvgIpc) is 3.15. The van der Waals surface area contributed by atoms with Gasteiger partial charge in [0.15, 0.2) is 5.13 Å². The van der Waals surface area contributed by atoms with Gasteiger partial charge in [-0.3, -0.25) is 14.9 Å². The molecule has 0 radical (unpaired) electrons. The maximum absolute atomic E-state index is 12.5. The standard InChI is InChI=1S/C22H22N4O3S/c1-13(2)26-8-7-16(10-20(26)27)21(28)25-22-24-12-19(30-22)15-5-6-17(11-23)18(9-15)29-14(3)4/h5-10,12-14H,1-4H3,(H,24,25,28). The van der Waals surface area contributed by atoms with E-state index in [4.69, 9.17) is 4.74 Å². The lowest BCUT2D eigenvalue weighted by atomic mass is 10.1. The Bertz CT molecular complexity index is 1170. The molecule has 0 fully saturated rings. The van der Waals surface area contributed by atoms with Gasteiger partial charge in [0.05, 0.1) is 16.5 Å². The van der Waals surface area contributed by atoms with Gasteiger partial charge in [-0.2, -0.15) is 5.26 Å². The molecule has 7 nitrogen and oxygen atoms in total. The van der Waals surface area contributed by atoms with Crippen LogP contribution in [-0.2, 0) is 0 Å². The van der Waals surface area contributed by atoms with E-state index < -0.39 is 5.91 Å². The fraction of sp³-hybridized carbons (Fsp3) is 0.273. The van der Waals surface area contributed by atoms with Crippen LogP contribution in [0.15, 0.2) is 47.5 Å². The van der Waals surface area contributed by atoms with Gasteiger partial charge in [0.2, 0.25) is 0 Å². The highest BCUT2D eigenvalue weighted by atomic mass is 32.1. The van der Waals surface area contributed by atoms with Crippen molar-refractivity contribution in [1.29, 1.82) is 5.26 Å². The van der Waals surface area contributed by atoms with E-state index in [9.17, 15) is 14.9 Å². The van der Waals surface area contributed by atoms with E-state index in [2.05, 4.69) is 16.4 Å². The second-order valence-corrected chi connectivity index (χ2v) is 8.26. The van der Waals surface area contributed by atoms with Crippen LogP contribution in [0.25, 0.3) is 10.4 Å². The predicted molar refractivity (Wildman–Crippen MR) is 117 cm³/mol. The first-order valence-corrected chi connectivity index (χ1v) is 10.3. The fourth-order valence-electron chi connectivity index (χ4n) is 2.81. The number of nitrogens with one attached hydrogen (secondary N) is 1. The lowest BCUT2D eigenvalue weighted by Crippen LogP contribution is -2.23. The van der Waals surface area contributed by atoms with Gasteiger partial charge in [0, 0.05) is 30.1 Å². The van der Waals surface area contributed by atoms with Crippen LogP contribution >= 0.6 is 11.3 Å². The van der Waals surface area contributed by atoms with Crippen molar-refractivity contribution < 1.29 is 9.53 Å². The van der Waals surface area contributed by atoms with Crippen molar-refractivity contribution in [3.05, 3.63) is 64.2 Å². The van der Waals surface area contributed by atoms with Gasteiger partial charge in [-0.1, -0.05) is 17.4 Å². The summed E-state index contributed by atoms with van der Waals surface area (Å²) in [6.45, 7) is 7.60. The number of anilines is 1. The molecule has 1 aromatic carbocycles. The third kappa shape index (κ3) is 4.75. The molecule has 3 rings (SSSR count). The highest BCUT2D eigenvalue weighted by molar-refractivity contribution is 7.19. The summed E-state index contributed by atoms with van der Waals surface area (Å²) in [4.78, 5) is 29.7. The molecule has 0 aliphatic rings. The van der Waals surface area contributed by atoms with E-state index in [1.54, 1.807) is 35.2 Å². The van der Waals surface area contributed by atoms with Crippen LogP contribution in [0.1, 0.15) is 49.7 Å². The molecule has 1 amide bonds. The molecule has 0 saturated heterocycles. The summed E-state index contributed by atoms with van der Waals surface area (Å²) in [6.07, 6.45) is 3.20. The van der Waals surface area contributed by atoms with Crippen molar-refractivity contribution in [3.8, 4) is 22.3 Å². The van der Waals surface area contributed by atoms with Gasteiger partial charge in [0.1, 0.15) is 11.8 Å². The molecular weight excluding hydrogens is 400 g/mol. The number of benzene rings is 1. The topological polar surface area (TPSA) is 97.0 Å². The van der Waals surface area contributed by atoms with E-state index in [-0.39, 0.29) is 23.3 Å². The van der Waals surface area contributed by atoms with E-state index >= 15 is 0 Å². The normalized spacial score (nSPS) is 10.8. The first-order valence-electron chi connectivity index (χ1n) is 9.49. The van der Waals surface area contributed by atoms with Crippen molar-refractivity contribution in [1.82, 2.24) is 9.55 Å². The molecular formula is C22H22N4O3S. The molecule has 0 saturated carbocycles. The number of carbonyl (C=O) groups excluding carboxylic acids is 1. The van der Waals surface area contributed by atoms with Gasteiger partial charge in [-0.25, -0.2) is 4.98 Å². The van der Waals surface area contributed by atoms with E-state index in [0.717, 1.165) is 10.4 Å². The number of nitriles is 1. The molecule has 0 bridgehead atoms. The number of nitrogens with zero attached hydrogens (tertiary/aromatic N) is 3. The maximum Gasteiger partial charge on any atom is 0.257 e. The monoisotopic (exact) mass is 422 g/mol. The Hall–Kier alpha value is -3.44. The average molecular weight is 423 g/mol. The fourth-order valence-corrected chi connectivity index (χ4v) is 3.62. The Morgan fingerprint density at radius 3 is 2.63 bits per heavy atom. The predicted octanol–water partition coefficient (Wildman–Crippen LogP) is 4.46. The zero-order valence-electron chi connectivity index (χ0n) is 17.2. The first-order chi connectivity index (χ1) is 14.3. The lowest BCUT2D eigenvalue weighted by molar-refractivity contribution is 0.102. The Kier molecular flexibility index (Phi) is 6.33. The van der Waals surface area contributed by atoms with Gasteiger partial charge in [0.25, 0.3) is 11.5 Å². The van der Waals surface area contributed by atoms with Crippen LogP contribution in [0, 0.1) is 11.3 Å². The molecule has 2 aromatic heterocycles. The van der Waals surface area contributed by atoms with Gasteiger partial charge in [-0.05, 0) is 51.5 Å². The van der Waals surface area contributed by atoms with Crippen LogP contribution < -0.4 is 15.6 Å². The molecule has 8 heteroatoms. The molecule has 154 valence electrons. The van der Waals surface area contributed by atoms with Gasteiger partial charge >= 0.3 is 0 Å². The highest BCUT2D eigenvalue weighted by Crippen LogP contribution is 2.33. The summed E-state index contributed by atoms with van der Waals surface area (Å²) >= 11 is 1.30. The zero-order chi connectivity index (χ0) is 21.8. The molecule has 0 spiro atoms. The number of rotatable bonds is 6. The Morgan fingerprint density at radius 1 is 1.23 bits per heavy atom. The van der Waals surface area contributed by atoms with Crippen molar-refractivity contribution in [2.24, 2.45) is 0 Å². The summed E-state index contributed by atoms with van der Waals surface area (Å²) in [5, 5.41) is 12.4. The molecule has 0 aliphatic carbocycles. The number of ether oxygens (including phenoxy) is 1. The third-order valence-corrected chi connectivity index (χ3v) is 5.20. The Balaban J connectivity index is 1.80. The van der Waals surface area contributed by atoms with Crippen LogP contribution in [0.4, 0.5) is 5.13 Å². The van der Waals surface area contributed by atoms with Crippen LogP contribution in [-0.4, -0.2) is 21.6 Å². The second-order valence-electron chi connectivity index (χ2n) is 7.23. The number of pyridine rings is 1. The highest BCUT2D eigenvalue weighted by Gasteiger charge is 2.14. The molecule has 3 aromatic rings. The minimum Gasteiger partial charge on any atom is -0.490 e. The zero-order valence-corrected chi connectivity index (χ0v) is 18.0. The van der Waals surface area contributed by atoms with Crippen LogP contribution in [0.2, 0.25) is 0 Å². The largest absolute Gasteiger partial charge is 0.490 e. The number of hydrogen-bond acceptors (Lipinski definition) is 6. The molecule has 0 atom stereocenters. The number of thiazole rings is 1. The maximum atomic E-state index is 12.5. The molecule has 0 aliphatic heterocycles. The number of amides is 1. The Labute approximate surface area is 178 Å². The second kappa shape index (κ2) is 8.93. The van der Waals surface area contributed by atoms with Gasteiger partial charge < -0.3 is 9.30 Å². The Morgan fingerprint density at radius 2 is 2.00 bits per heavy atom. The summed E-state index contributed by atoms with van der Waals surface area (Å²) in [7, 11) is 0. The lowest BCUT2D eigenvalue weighted by Gasteiger charge is -2.12. The van der Waals surface area contributed by atoms with Crippen molar-refractivity contribution in [3.63, 3.8) is 0 Å². The van der Waals surface area contributed by atoms with Crippen molar-refractivity contribution in [2.45, 2.75) is 39.8 Å². The molecule has 0 unspecified atom stereocenters. The first kappa shape index (κ1) is 21.3. The summed E-state index contributed by atoms with van der Waals surface area (Å²) in [5.74, 6) is 0.113. The molecule has 30 heavy (non-hydrogen) atoms. The van der Waals surface area contributed by atoms with Crippen LogP contribution in [0.3, 0.4) is 0 Å². The van der Waals surface area contributed by atoms with Gasteiger partial charge in [-0.15, -0.1) is 0 Å². The number of aromatic nitrogens is 2. The van der Waals surface area contributed by atoms with E-state index in [1.165, 1.54) is 17.4 Å². The smallest absolute Gasteiger partial charge is 0.257 e. The number of hydrogen-bond donors (Lipinski definition) is 1. The van der Waals surface area contributed by atoms with Crippen molar-refractivity contribution >= 4 is 22.4 Å². The van der Waals surface area contributed by atoms with E-state index in [1.807, 2.05) is 33.8 Å². The summed E-state index contributed by atoms with van der Waals surface area (Å²) < 4.78 is 7.28. The third-order valence-electron chi connectivity index (χ3n) is 4.24. The molecule has 1 N–H and O–H groups in total. The van der Waals surface area contributed by atoms with E-state index in [0.29, 0.717) is 16.4 Å². The minimum atomic E-state index is -0.396. The minimum absolute atomic E-state index is 0.0214.